The van der Waals surface area contributed by atoms with Crippen molar-refractivity contribution >= 4 is 0 Å². The Morgan fingerprint density at radius 3 is 2.33 bits per heavy atom. The van der Waals surface area contributed by atoms with Crippen molar-refractivity contribution in [2.45, 2.75) is 25.7 Å². The molecule has 0 aromatic heterocycles. The van der Waals surface area contributed by atoms with Gasteiger partial charge in [0.15, 0.2) is 6.29 Å². The van der Waals surface area contributed by atoms with Crippen LogP contribution < -0.4 is 5.32 Å². The van der Waals surface area contributed by atoms with Crippen molar-refractivity contribution < 1.29 is 14.6 Å². The van der Waals surface area contributed by atoms with Gasteiger partial charge in [0, 0.05) is 20.8 Å². The van der Waals surface area contributed by atoms with Crippen LogP contribution in [0.2, 0.25) is 0 Å². The topological polar surface area (TPSA) is 50.7 Å². The largest absolute Gasteiger partial charge is 0.396 e. The van der Waals surface area contributed by atoms with Gasteiger partial charge in [0.1, 0.15) is 0 Å². The van der Waals surface area contributed by atoms with Crippen LogP contribution in [-0.4, -0.2) is 44.8 Å². The molecule has 74 valence electrons. The maximum atomic E-state index is 8.53. The minimum absolute atomic E-state index is 0.145. The van der Waals surface area contributed by atoms with Gasteiger partial charge in [0.25, 0.3) is 0 Å². The quantitative estimate of drug-likeness (QED) is 0.423. The Bertz CT molecular complexity index is 96.3. The molecule has 4 heteroatoms. The van der Waals surface area contributed by atoms with Crippen LogP contribution in [0.15, 0.2) is 0 Å². The summed E-state index contributed by atoms with van der Waals surface area (Å²) < 4.78 is 10.1. The van der Waals surface area contributed by atoms with E-state index in [0.29, 0.717) is 0 Å². The van der Waals surface area contributed by atoms with Gasteiger partial charge < -0.3 is 19.9 Å². The Balaban J connectivity index is 3.47. The molecule has 0 fully saturated rings. The van der Waals surface area contributed by atoms with Crippen molar-refractivity contribution in [3.05, 3.63) is 0 Å². The summed E-state index contributed by atoms with van der Waals surface area (Å²) in [7, 11) is 3.22. The number of methoxy groups -OCH3 is 2. The zero-order chi connectivity index (χ0) is 9.40. The molecule has 12 heavy (non-hydrogen) atoms. The third kappa shape index (κ3) is 4.66. The molecule has 4 nitrogen and oxygen atoms in total. The molecule has 0 aliphatic rings. The molecule has 0 aliphatic heterocycles. The van der Waals surface area contributed by atoms with Crippen LogP contribution in [0.3, 0.4) is 0 Å². The summed E-state index contributed by atoms with van der Waals surface area (Å²) in [4.78, 5) is 0. The summed E-state index contributed by atoms with van der Waals surface area (Å²) >= 11 is 0. The molecule has 1 unspecified atom stereocenters. The maximum absolute atomic E-state index is 8.53. The maximum Gasteiger partial charge on any atom is 0.171 e. The van der Waals surface area contributed by atoms with Crippen molar-refractivity contribution in [3.63, 3.8) is 0 Å². The van der Waals surface area contributed by atoms with Gasteiger partial charge in [-0.05, 0) is 19.9 Å². The molecule has 0 radical (unpaired) electrons. The highest BCUT2D eigenvalue weighted by Crippen LogP contribution is 1.97. The van der Waals surface area contributed by atoms with E-state index in [9.17, 15) is 0 Å². The molecule has 0 saturated heterocycles. The molecule has 0 saturated carbocycles. The fourth-order valence-corrected chi connectivity index (χ4v) is 1.01. The zero-order valence-corrected chi connectivity index (χ0v) is 8.04. The van der Waals surface area contributed by atoms with Crippen LogP contribution >= 0.6 is 0 Å². The molecule has 0 bridgehead atoms. The second-order valence-electron chi connectivity index (χ2n) is 2.66. The molecule has 0 spiro atoms. The standard InChI is InChI=1S/C8H19NO3/c1-7(8(11-2)12-3)9-5-4-6-10/h7-10H,4-6H2,1-3H3. The molecule has 1 atom stereocenters. The molecule has 0 amide bonds. The first-order chi connectivity index (χ1) is 5.76. The summed E-state index contributed by atoms with van der Waals surface area (Å²) in [6.07, 6.45) is 0.536. The van der Waals surface area contributed by atoms with E-state index in [2.05, 4.69) is 5.32 Å². The van der Waals surface area contributed by atoms with E-state index >= 15 is 0 Å². The molecule has 0 aromatic rings. The third-order valence-corrected chi connectivity index (χ3v) is 1.67. The Morgan fingerprint density at radius 1 is 1.33 bits per heavy atom. The summed E-state index contributed by atoms with van der Waals surface area (Å²) in [5.41, 5.74) is 0. The van der Waals surface area contributed by atoms with E-state index in [0.717, 1.165) is 13.0 Å². The molecular formula is C8H19NO3. The van der Waals surface area contributed by atoms with Gasteiger partial charge in [-0.2, -0.15) is 0 Å². The van der Waals surface area contributed by atoms with E-state index in [1.54, 1.807) is 14.2 Å². The lowest BCUT2D eigenvalue weighted by atomic mass is 10.3. The minimum atomic E-state index is -0.219. The lowest BCUT2D eigenvalue weighted by Crippen LogP contribution is -2.40. The predicted molar refractivity (Wildman–Crippen MR) is 47.0 cm³/mol. The first kappa shape index (κ1) is 11.8. The second kappa shape index (κ2) is 7.49. The van der Waals surface area contributed by atoms with Crippen LogP contribution in [0, 0.1) is 0 Å². The lowest BCUT2D eigenvalue weighted by molar-refractivity contribution is -0.119. The normalized spacial score (nSPS) is 13.8. The van der Waals surface area contributed by atoms with Crippen molar-refractivity contribution in [2.75, 3.05) is 27.4 Å². The molecule has 0 aliphatic carbocycles. The number of nitrogens with one attached hydrogen (secondary N) is 1. The lowest BCUT2D eigenvalue weighted by Gasteiger charge is -2.21. The fraction of sp³-hybridized carbons (Fsp3) is 1.00. The summed E-state index contributed by atoms with van der Waals surface area (Å²) in [5, 5.41) is 11.7. The Kier molecular flexibility index (Phi) is 7.39. The molecule has 2 N–H and O–H groups in total. The van der Waals surface area contributed by atoms with Gasteiger partial charge in [-0.3, -0.25) is 0 Å². The van der Waals surface area contributed by atoms with Gasteiger partial charge >= 0.3 is 0 Å². The smallest absolute Gasteiger partial charge is 0.171 e. The van der Waals surface area contributed by atoms with E-state index in [1.165, 1.54) is 0 Å². The first-order valence-corrected chi connectivity index (χ1v) is 4.16. The number of ether oxygens (including phenoxy) is 2. The summed E-state index contributed by atoms with van der Waals surface area (Å²) in [6.45, 7) is 2.97. The van der Waals surface area contributed by atoms with Crippen LogP contribution in [0.5, 0.6) is 0 Å². The van der Waals surface area contributed by atoms with Crippen LogP contribution in [0.1, 0.15) is 13.3 Å². The van der Waals surface area contributed by atoms with Crippen molar-refractivity contribution in [2.24, 2.45) is 0 Å². The SMILES string of the molecule is COC(OC)C(C)NCCCO. The molecule has 0 aromatic carbocycles. The first-order valence-electron chi connectivity index (χ1n) is 4.16. The van der Waals surface area contributed by atoms with Crippen molar-refractivity contribution in [1.29, 1.82) is 0 Å². The predicted octanol–water partition coefficient (Wildman–Crippen LogP) is -0.0342. The minimum Gasteiger partial charge on any atom is -0.396 e. The van der Waals surface area contributed by atoms with Crippen molar-refractivity contribution in [3.8, 4) is 0 Å². The zero-order valence-electron chi connectivity index (χ0n) is 8.04. The highest BCUT2D eigenvalue weighted by molar-refractivity contribution is 4.63. The highest BCUT2D eigenvalue weighted by Gasteiger charge is 2.13. The van der Waals surface area contributed by atoms with Crippen LogP contribution in [0.25, 0.3) is 0 Å². The molecule has 0 rings (SSSR count). The van der Waals surface area contributed by atoms with Gasteiger partial charge in [-0.25, -0.2) is 0 Å². The Morgan fingerprint density at radius 2 is 1.92 bits per heavy atom. The number of rotatable bonds is 7. The average Bonchev–Trinajstić information content (AvgIpc) is 2.07. The second-order valence-corrected chi connectivity index (χ2v) is 2.66. The van der Waals surface area contributed by atoms with Gasteiger partial charge in [0.05, 0.1) is 6.04 Å². The third-order valence-electron chi connectivity index (χ3n) is 1.67. The number of hydrogen-bond donors (Lipinski definition) is 2. The molecular weight excluding hydrogens is 158 g/mol. The van der Waals surface area contributed by atoms with Crippen LogP contribution in [0.4, 0.5) is 0 Å². The number of aliphatic hydroxyl groups is 1. The van der Waals surface area contributed by atoms with E-state index in [4.69, 9.17) is 14.6 Å². The van der Waals surface area contributed by atoms with Gasteiger partial charge in [-0.1, -0.05) is 0 Å². The Hall–Kier alpha value is -0.160. The van der Waals surface area contributed by atoms with Gasteiger partial charge in [0.2, 0.25) is 0 Å². The van der Waals surface area contributed by atoms with Gasteiger partial charge in [-0.15, -0.1) is 0 Å². The highest BCUT2D eigenvalue weighted by atomic mass is 16.7. The summed E-state index contributed by atoms with van der Waals surface area (Å²) in [6, 6.07) is 0.145. The fourth-order valence-electron chi connectivity index (χ4n) is 1.01. The van der Waals surface area contributed by atoms with Crippen LogP contribution in [-0.2, 0) is 9.47 Å². The van der Waals surface area contributed by atoms with E-state index in [-0.39, 0.29) is 18.9 Å². The molecule has 0 heterocycles. The Labute approximate surface area is 73.9 Å². The van der Waals surface area contributed by atoms with E-state index in [1.807, 2.05) is 6.92 Å². The van der Waals surface area contributed by atoms with E-state index < -0.39 is 0 Å². The number of hydrogen-bond acceptors (Lipinski definition) is 4. The number of aliphatic hydroxyl groups excluding tert-OH is 1. The summed E-state index contributed by atoms with van der Waals surface area (Å²) in [5.74, 6) is 0. The monoisotopic (exact) mass is 177 g/mol. The average molecular weight is 177 g/mol. The van der Waals surface area contributed by atoms with Crippen molar-refractivity contribution in [1.82, 2.24) is 5.32 Å².